The van der Waals surface area contributed by atoms with Gasteiger partial charge in [0.2, 0.25) is 0 Å². The highest BCUT2D eigenvalue weighted by Crippen LogP contribution is 2.10. The molecule has 0 aliphatic rings. The number of pyridine rings is 1. The van der Waals surface area contributed by atoms with Crippen molar-refractivity contribution in [1.29, 1.82) is 0 Å². The molecule has 2 heterocycles. The van der Waals surface area contributed by atoms with E-state index in [-0.39, 0.29) is 0 Å². The SMILES string of the molecule is Cc1ccc(NC(=O)C(=O)Nc2nccs2)nc1. The molecule has 7 heteroatoms. The molecule has 0 saturated heterocycles. The Morgan fingerprint density at radius 2 is 1.94 bits per heavy atom. The van der Waals surface area contributed by atoms with Crippen molar-refractivity contribution in [3.63, 3.8) is 0 Å². The molecule has 6 nitrogen and oxygen atoms in total. The minimum Gasteiger partial charge on any atom is -0.302 e. The Hall–Kier alpha value is -2.28. The number of nitrogens with zero attached hydrogens (tertiary/aromatic N) is 2. The highest BCUT2D eigenvalue weighted by Gasteiger charge is 2.15. The number of rotatable bonds is 2. The first-order valence-electron chi connectivity index (χ1n) is 5.09. The maximum absolute atomic E-state index is 11.5. The summed E-state index contributed by atoms with van der Waals surface area (Å²) in [4.78, 5) is 30.9. The van der Waals surface area contributed by atoms with Gasteiger partial charge in [0.25, 0.3) is 0 Å². The van der Waals surface area contributed by atoms with Crippen molar-refractivity contribution in [2.24, 2.45) is 0 Å². The van der Waals surface area contributed by atoms with Crippen LogP contribution in [-0.2, 0) is 9.59 Å². The normalized spacial score (nSPS) is 9.83. The van der Waals surface area contributed by atoms with Crippen LogP contribution in [0.5, 0.6) is 0 Å². The lowest BCUT2D eigenvalue weighted by atomic mass is 10.3. The summed E-state index contributed by atoms with van der Waals surface area (Å²) in [6, 6.07) is 3.42. The molecule has 2 aromatic rings. The van der Waals surface area contributed by atoms with Crippen LogP contribution in [0.3, 0.4) is 0 Å². The molecule has 0 spiro atoms. The van der Waals surface area contributed by atoms with Gasteiger partial charge in [-0.2, -0.15) is 0 Å². The van der Waals surface area contributed by atoms with Crippen molar-refractivity contribution in [1.82, 2.24) is 9.97 Å². The molecule has 0 atom stereocenters. The second-order valence-corrected chi connectivity index (χ2v) is 4.36. The fourth-order valence-corrected chi connectivity index (χ4v) is 1.68. The summed E-state index contributed by atoms with van der Waals surface area (Å²) in [5, 5.41) is 6.86. The van der Waals surface area contributed by atoms with E-state index in [0.717, 1.165) is 5.56 Å². The van der Waals surface area contributed by atoms with Crippen LogP contribution >= 0.6 is 11.3 Å². The van der Waals surface area contributed by atoms with Crippen LogP contribution in [0.4, 0.5) is 10.9 Å². The molecule has 92 valence electrons. The van der Waals surface area contributed by atoms with E-state index in [0.29, 0.717) is 10.9 Å². The van der Waals surface area contributed by atoms with Crippen LogP contribution in [0.1, 0.15) is 5.56 Å². The molecule has 2 rings (SSSR count). The van der Waals surface area contributed by atoms with Crippen LogP contribution in [0.2, 0.25) is 0 Å². The fraction of sp³-hybridized carbons (Fsp3) is 0.0909. The van der Waals surface area contributed by atoms with Crippen LogP contribution in [0.15, 0.2) is 29.9 Å². The Bertz CT molecular complexity index is 551. The second kappa shape index (κ2) is 5.37. The van der Waals surface area contributed by atoms with Crippen LogP contribution in [-0.4, -0.2) is 21.8 Å². The molecular formula is C11H10N4O2S. The molecule has 2 aromatic heterocycles. The summed E-state index contributed by atoms with van der Waals surface area (Å²) < 4.78 is 0. The van der Waals surface area contributed by atoms with Crippen molar-refractivity contribution < 1.29 is 9.59 Å². The first-order chi connectivity index (χ1) is 8.65. The lowest BCUT2D eigenvalue weighted by molar-refractivity contribution is -0.133. The first-order valence-corrected chi connectivity index (χ1v) is 5.97. The monoisotopic (exact) mass is 262 g/mol. The van der Waals surface area contributed by atoms with E-state index >= 15 is 0 Å². The van der Waals surface area contributed by atoms with E-state index in [9.17, 15) is 9.59 Å². The zero-order chi connectivity index (χ0) is 13.0. The maximum Gasteiger partial charge on any atom is 0.315 e. The van der Waals surface area contributed by atoms with Crippen molar-refractivity contribution in [2.75, 3.05) is 10.6 Å². The van der Waals surface area contributed by atoms with E-state index in [1.807, 2.05) is 6.92 Å². The van der Waals surface area contributed by atoms with Gasteiger partial charge in [0.1, 0.15) is 5.82 Å². The fourth-order valence-electron chi connectivity index (χ4n) is 1.15. The van der Waals surface area contributed by atoms with Gasteiger partial charge in [0.15, 0.2) is 5.13 Å². The summed E-state index contributed by atoms with van der Waals surface area (Å²) in [5.41, 5.74) is 0.972. The third-order valence-electron chi connectivity index (χ3n) is 2.01. The number of hydrogen-bond acceptors (Lipinski definition) is 5. The Morgan fingerprint density at radius 1 is 1.17 bits per heavy atom. The molecule has 0 radical (unpaired) electrons. The number of hydrogen-bond donors (Lipinski definition) is 2. The Labute approximate surface area is 107 Å². The molecule has 0 fully saturated rings. The highest BCUT2D eigenvalue weighted by molar-refractivity contribution is 7.13. The average Bonchev–Trinajstić information content (AvgIpc) is 2.85. The highest BCUT2D eigenvalue weighted by atomic mass is 32.1. The second-order valence-electron chi connectivity index (χ2n) is 3.47. The number of thiazole rings is 1. The molecule has 0 bridgehead atoms. The van der Waals surface area contributed by atoms with E-state index in [4.69, 9.17) is 0 Å². The minimum atomic E-state index is -0.776. The van der Waals surface area contributed by atoms with Crippen LogP contribution in [0, 0.1) is 6.92 Å². The van der Waals surface area contributed by atoms with Gasteiger partial charge in [0, 0.05) is 17.8 Å². The Morgan fingerprint density at radius 3 is 2.56 bits per heavy atom. The zero-order valence-corrected chi connectivity index (χ0v) is 10.3. The summed E-state index contributed by atoms with van der Waals surface area (Å²) in [6.07, 6.45) is 3.15. The molecule has 0 aromatic carbocycles. The van der Waals surface area contributed by atoms with Crippen molar-refractivity contribution in [3.05, 3.63) is 35.5 Å². The van der Waals surface area contributed by atoms with Gasteiger partial charge in [-0.1, -0.05) is 6.07 Å². The molecule has 0 saturated carbocycles. The van der Waals surface area contributed by atoms with Crippen molar-refractivity contribution >= 4 is 34.1 Å². The quantitative estimate of drug-likeness (QED) is 0.802. The van der Waals surface area contributed by atoms with Gasteiger partial charge in [-0.15, -0.1) is 11.3 Å². The standard InChI is InChI=1S/C11H10N4O2S/c1-7-2-3-8(13-6-7)14-9(16)10(17)15-11-12-4-5-18-11/h2-6H,1H3,(H,12,15,17)(H,13,14,16). The Balaban J connectivity index is 1.95. The van der Waals surface area contributed by atoms with Gasteiger partial charge in [-0.3, -0.25) is 14.9 Å². The maximum atomic E-state index is 11.5. The molecule has 0 aliphatic carbocycles. The van der Waals surface area contributed by atoms with Gasteiger partial charge >= 0.3 is 11.8 Å². The summed E-state index contributed by atoms with van der Waals surface area (Å²) >= 11 is 1.24. The van der Waals surface area contributed by atoms with Crippen molar-refractivity contribution in [3.8, 4) is 0 Å². The van der Waals surface area contributed by atoms with Gasteiger partial charge in [-0.05, 0) is 18.6 Å². The summed E-state index contributed by atoms with van der Waals surface area (Å²) in [5.74, 6) is -1.21. The first kappa shape index (κ1) is 12.2. The number of anilines is 2. The topological polar surface area (TPSA) is 84.0 Å². The number of carbonyl (C=O) groups is 2. The third kappa shape index (κ3) is 3.11. The van der Waals surface area contributed by atoms with Crippen LogP contribution in [0.25, 0.3) is 0 Å². The number of aryl methyl sites for hydroxylation is 1. The zero-order valence-electron chi connectivity index (χ0n) is 9.51. The molecule has 2 N–H and O–H groups in total. The predicted molar refractivity (Wildman–Crippen MR) is 68.3 cm³/mol. The largest absolute Gasteiger partial charge is 0.315 e. The predicted octanol–water partition coefficient (Wildman–Crippen LogP) is 1.42. The van der Waals surface area contributed by atoms with E-state index in [1.165, 1.54) is 11.3 Å². The van der Waals surface area contributed by atoms with Gasteiger partial charge in [0.05, 0.1) is 0 Å². The minimum absolute atomic E-state index is 0.333. The lowest BCUT2D eigenvalue weighted by Gasteiger charge is -2.03. The Kier molecular flexibility index (Phi) is 3.63. The molecule has 0 unspecified atom stereocenters. The van der Waals surface area contributed by atoms with E-state index in [2.05, 4.69) is 20.6 Å². The van der Waals surface area contributed by atoms with E-state index < -0.39 is 11.8 Å². The van der Waals surface area contributed by atoms with Gasteiger partial charge < -0.3 is 5.32 Å². The number of aromatic nitrogens is 2. The molecule has 0 aliphatic heterocycles. The third-order valence-corrected chi connectivity index (χ3v) is 2.70. The molecular weight excluding hydrogens is 252 g/mol. The van der Waals surface area contributed by atoms with Gasteiger partial charge in [-0.25, -0.2) is 9.97 Å². The number of nitrogens with one attached hydrogen (secondary N) is 2. The number of carbonyl (C=O) groups excluding carboxylic acids is 2. The number of amides is 2. The smallest absolute Gasteiger partial charge is 0.302 e. The molecule has 2 amide bonds. The van der Waals surface area contributed by atoms with Crippen molar-refractivity contribution in [2.45, 2.75) is 6.92 Å². The average molecular weight is 262 g/mol. The van der Waals surface area contributed by atoms with E-state index in [1.54, 1.807) is 29.9 Å². The summed E-state index contributed by atoms with van der Waals surface area (Å²) in [7, 11) is 0. The lowest BCUT2D eigenvalue weighted by Crippen LogP contribution is -2.29. The van der Waals surface area contributed by atoms with Crippen LogP contribution < -0.4 is 10.6 Å². The molecule has 18 heavy (non-hydrogen) atoms. The summed E-state index contributed by atoms with van der Waals surface area (Å²) in [6.45, 7) is 1.88.